The summed E-state index contributed by atoms with van der Waals surface area (Å²) in [5.41, 5.74) is 4.70. The smallest absolute Gasteiger partial charge is 0.386 e. The lowest BCUT2D eigenvalue weighted by Gasteiger charge is -2.22. The first-order valence-corrected chi connectivity index (χ1v) is 10.6. The Bertz CT molecular complexity index is 1010. The molecule has 1 atom stereocenters. The molecule has 4 nitrogen and oxygen atoms in total. The molecule has 1 unspecified atom stereocenters. The summed E-state index contributed by atoms with van der Waals surface area (Å²) in [6.07, 6.45) is 0. The summed E-state index contributed by atoms with van der Waals surface area (Å²) in [7, 11) is -4.00. The molecule has 0 amide bonds. The van der Waals surface area contributed by atoms with Crippen molar-refractivity contribution >= 4 is 7.82 Å². The van der Waals surface area contributed by atoms with Gasteiger partial charge in [0.1, 0.15) is 17.2 Å². The Morgan fingerprint density at radius 2 is 1.29 bits per heavy atom. The van der Waals surface area contributed by atoms with Crippen molar-refractivity contribution in [3.05, 3.63) is 88.5 Å². The summed E-state index contributed by atoms with van der Waals surface area (Å²) in [6, 6.07) is 18.6. The number of hydrogen-bond acceptors (Lipinski definition) is 4. The van der Waals surface area contributed by atoms with Crippen LogP contribution >= 0.6 is 7.82 Å². The van der Waals surface area contributed by atoms with Crippen LogP contribution in [0, 0.1) is 34.6 Å². The zero-order chi connectivity index (χ0) is 20.3. The van der Waals surface area contributed by atoms with Crippen molar-refractivity contribution in [3.8, 4) is 17.2 Å². The SMILES string of the molecule is Cc1cc(C)c(OP(=O)(Oc2ccccc2)Oc2cc(C)ccc2C)c(C)c1. The molecule has 0 aromatic heterocycles. The number of phosphoric acid groups is 1. The van der Waals surface area contributed by atoms with Crippen molar-refractivity contribution in [2.75, 3.05) is 0 Å². The van der Waals surface area contributed by atoms with E-state index in [1.165, 1.54) is 0 Å². The van der Waals surface area contributed by atoms with Gasteiger partial charge in [0.2, 0.25) is 0 Å². The maximum Gasteiger partial charge on any atom is 0.647 e. The predicted molar refractivity (Wildman–Crippen MR) is 113 cm³/mol. The van der Waals surface area contributed by atoms with Gasteiger partial charge in [-0.05, 0) is 75.1 Å². The third kappa shape index (κ3) is 4.76. The molecule has 3 rings (SSSR count). The van der Waals surface area contributed by atoms with Crippen LogP contribution in [-0.4, -0.2) is 0 Å². The molecule has 0 bridgehead atoms. The van der Waals surface area contributed by atoms with Gasteiger partial charge in [0.15, 0.2) is 0 Å². The summed E-state index contributed by atoms with van der Waals surface area (Å²) in [6.45, 7) is 9.69. The fourth-order valence-electron chi connectivity index (χ4n) is 3.02. The van der Waals surface area contributed by atoms with Gasteiger partial charge >= 0.3 is 7.82 Å². The van der Waals surface area contributed by atoms with Gasteiger partial charge in [-0.25, -0.2) is 0 Å². The number of hydrogen-bond donors (Lipinski definition) is 0. The number of phosphoric ester groups is 1. The maximum absolute atomic E-state index is 13.7. The standard InChI is InChI=1S/C23H25O4P/c1-16-11-12-18(3)22(15-16)26-28(24,25-21-9-7-6-8-10-21)27-23-19(4)13-17(2)14-20(23)5/h6-15H,1-5H3. The van der Waals surface area contributed by atoms with Crippen molar-refractivity contribution in [1.82, 2.24) is 0 Å². The fraction of sp³-hybridized carbons (Fsp3) is 0.217. The van der Waals surface area contributed by atoms with E-state index in [0.29, 0.717) is 17.2 Å². The van der Waals surface area contributed by atoms with Gasteiger partial charge in [-0.15, -0.1) is 0 Å². The van der Waals surface area contributed by atoms with E-state index in [-0.39, 0.29) is 0 Å². The summed E-state index contributed by atoms with van der Waals surface area (Å²) in [5, 5.41) is 0. The maximum atomic E-state index is 13.7. The molecule has 3 aromatic rings. The van der Waals surface area contributed by atoms with E-state index in [4.69, 9.17) is 13.6 Å². The normalized spacial score (nSPS) is 12.9. The minimum absolute atomic E-state index is 0.415. The lowest BCUT2D eigenvalue weighted by atomic mass is 10.1. The molecule has 0 aliphatic carbocycles. The van der Waals surface area contributed by atoms with E-state index >= 15 is 0 Å². The molecule has 0 saturated heterocycles. The minimum Gasteiger partial charge on any atom is -0.386 e. The molecule has 0 N–H and O–H groups in total. The van der Waals surface area contributed by atoms with Gasteiger partial charge in [-0.1, -0.05) is 48.0 Å². The van der Waals surface area contributed by atoms with E-state index < -0.39 is 7.82 Å². The topological polar surface area (TPSA) is 44.8 Å². The molecule has 0 radical (unpaired) electrons. The average Bonchev–Trinajstić information content (AvgIpc) is 2.62. The van der Waals surface area contributed by atoms with Crippen LogP contribution in [0.2, 0.25) is 0 Å². The van der Waals surface area contributed by atoms with Crippen LogP contribution < -0.4 is 13.6 Å². The average molecular weight is 396 g/mol. The summed E-state index contributed by atoms with van der Waals surface area (Å²) in [4.78, 5) is 0. The third-order valence-electron chi connectivity index (χ3n) is 4.32. The molecule has 0 aliphatic rings. The first-order valence-electron chi connectivity index (χ1n) is 9.15. The Hall–Kier alpha value is -2.71. The highest BCUT2D eigenvalue weighted by Gasteiger charge is 2.35. The molecule has 5 heteroatoms. The van der Waals surface area contributed by atoms with Crippen LogP contribution in [0.3, 0.4) is 0 Å². The largest absolute Gasteiger partial charge is 0.647 e. The zero-order valence-corrected chi connectivity index (χ0v) is 17.7. The molecule has 146 valence electrons. The second-order valence-electron chi connectivity index (χ2n) is 7.03. The molecule has 0 fully saturated rings. The quantitative estimate of drug-likeness (QED) is 0.426. The zero-order valence-electron chi connectivity index (χ0n) is 16.9. The van der Waals surface area contributed by atoms with Gasteiger partial charge in [-0.3, -0.25) is 0 Å². The van der Waals surface area contributed by atoms with Crippen LogP contribution in [-0.2, 0) is 4.57 Å². The van der Waals surface area contributed by atoms with Gasteiger partial charge in [-0.2, -0.15) is 4.57 Å². The Balaban J connectivity index is 2.01. The van der Waals surface area contributed by atoms with E-state index in [0.717, 1.165) is 27.8 Å². The van der Waals surface area contributed by atoms with Crippen molar-refractivity contribution in [2.45, 2.75) is 34.6 Å². The van der Waals surface area contributed by atoms with Crippen LogP contribution in [0.5, 0.6) is 17.2 Å². The van der Waals surface area contributed by atoms with Gasteiger partial charge in [0, 0.05) is 0 Å². The number of para-hydroxylation sites is 1. The number of benzene rings is 3. The number of rotatable bonds is 6. The van der Waals surface area contributed by atoms with Crippen molar-refractivity contribution in [3.63, 3.8) is 0 Å². The van der Waals surface area contributed by atoms with Gasteiger partial charge in [0.25, 0.3) is 0 Å². The highest BCUT2D eigenvalue weighted by molar-refractivity contribution is 7.49. The molecule has 0 spiro atoms. The van der Waals surface area contributed by atoms with Gasteiger partial charge in [0.05, 0.1) is 0 Å². The van der Waals surface area contributed by atoms with E-state index in [1.54, 1.807) is 24.3 Å². The predicted octanol–water partition coefficient (Wildman–Crippen LogP) is 6.87. The highest BCUT2D eigenvalue weighted by atomic mass is 31.2. The summed E-state index contributed by atoms with van der Waals surface area (Å²) < 4.78 is 31.3. The van der Waals surface area contributed by atoms with Crippen molar-refractivity contribution < 1.29 is 18.1 Å². The molecular formula is C23H25O4P. The fourth-order valence-corrected chi connectivity index (χ4v) is 4.46. The first kappa shape index (κ1) is 20.0. The third-order valence-corrected chi connectivity index (χ3v) is 5.58. The van der Waals surface area contributed by atoms with E-state index in [2.05, 4.69) is 0 Å². The molecule has 3 aromatic carbocycles. The Kier molecular flexibility index (Phi) is 5.81. The van der Waals surface area contributed by atoms with Crippen molar-refractivity contribution in [1.29, 1.82) is 0 Å². The first-order chi connectivity index (χ1) is 13.3. The Morgan fingerprint density at radius 1 is 0.643 bits per heavy atom. The Morgan fingerprint density at radius 3 is 1.93 bits per heavy atom. The van der Waals surface area contributed by atoms with E-state index in [1.807, 2.05) is 71.0 Å². The van der Waals surface area contributed by atoms with Crippen LogP contribution in [0.4, 0.5) is 0 Å². The number of aryl methyl sites for hydroxylation is 5. The molecule has 28 heavy (non-hydrogen) atoms. The molecule has 0 aliphatic heterocycles. The molecule has 0 saturated carbocycles. The second-order valence-corrected chi connectivity index (χ2v) is 8.47. The second kappa shape index (κ2) is 8.12. The van der Waals surface area contributed by atoms with Crippen molar-refractivity contribution in [2.24, 2.45) is 0 Å². The summed E-state index contributed by atoms with van der Waals surface area (Å²) in [5.74, 6) is 1.40. The Labute approximate surface area is 166 Å². The lowest BCUT2D eigenvalue weighted by molar-refractivity contribution is 0.296. The molecule has 0 heterocycles. The highest BCUT2D eigenvalue weighted by Crippen LogP contribution is 2.51. The van der Waals surface area contributed by atoms with Crippen LogP contribution in [0.25, 0.3) is 0 Å². The van der Waals surface area contributed by atoms with Crippen LogP contribution in [0.15, 0.2) is 60.7 Å². The molecular weight excluding hydrogens is 371 g/mol. The van der Waals surface area contributed by atoms with E-state index in [9.17, 15) is 4.57 Å². The lowest BCUT2D eigenvalue weighted by Crippen LogP contribution is -2.09. The van der Waals surface area contributed by atoms with Crippen LogP contribution in [0.1, 0.15) is 27.8 Å². The monoisotopic (exact) mass is 396 g/mol. The van der Waals surface area contributed by atoms with Gasteiger partial charge < -0.3 is 13.6 Å². The summed E-state index contributed by atoms with van der Waals surface area (Å²) >= 11 is 0. The minimum atomic E-state index is -4.00.